The van der Waals surface area contributed by atoms with Crippen molar-refractivity contribution in [3.05, 3.63) is 15.6 Å². The first-order valence-corrected chi connectivity index (χ1v) is 7.10. The van der Waals surface area contributed by atoms with Crippen molar-refractivity contribution in [1.82, 2.24) is 9.71 Å². The molecule has 0 atom stereocenters. The molecule has 0 aliphatic carbocycles. The van der Waals surface area contributed by atoms with Gasteiger partial charge in [-0.3, -0.25) is 0 Å². The number of nitrogens with one attached hydrogen (secondary N) is 1. The van der Waals surface area contributed by atoms with Gasteiger partial charge < -0.3 is 0 Å². The molecule has 0 saturated heterocycles. The molecule has 0 aromatic carbocycles. The average molecular weight is 248 g/mol. The zero-order valence-corrected chi connectivity index (χ0v) is 11.0. The monoisotopic (exact) mass is 248 g/mol. The summed E-state index contributed by atoms with van der Waals surface area (Å²) in [6, 6.07) is 0. The predicted octanol–water partition coefficient (Wildman–Crippen LogP) is 1.59. The zero-order chi connectivity index (χ0) is 11.6. The van der Waals surface area contributed by atoms with Gasteiger partial charge in [-0.2, -0.15) is 0 Å². The number of thiazole rings is 1. The van der Waals surface area contributed by atoms with Crippen LogP contribution in [0, 0.1) is 13.8 Å². The number of aromatic nitrogens is 1. The number of nitrogens with zero attached hydrogens (tertiary/aromatic N) is 1. The molecule has 15 heavy (non-hydrogen) atoms. The van der Waals surface area contributed by atoms with E-state index in [9.17, 15) is 8.42 Å². The van der Waals surface area contributed by atoms with E-state index in [1.807, 2.05) is 13.8 Å². The maximum Gasteiger partial charge on any atom is 0.214 e. The molecule has 0 aliphatic rings. The first-order valence-electron chi connectivity index (χ1n) is 4.74. The molecular formula is C9H16N2O2S2. The van der Waals surface area contributed by atoms with Crippen molar-refractivity contribution < 1.29 is 8.42 Å². The second kappa shape index (κ2) is 4.59. The summed E-state index contributed by atoms with van der Waals surface area (Å²) < 4.78 is 25.6. The molecule has 6 heteroatoms. The SMILES string of the molecule is Cc1nc(C)c(CNS(=O)(=O)C(C)C)s1. The highest BCUT2D eigenvalue weighted by atomic mass is 32.2. The topological polar surface area (TPSA) is 59.1 Å². The average Bonchev–Trinajstić information content (AvgIpc) is 2.41. The van der Waals surface area contributed by atoms with Gasteiger partial charge in [0.05, 0.1) is 16.0 Å². The molecule has 0 bridgehead atoms. The Labute approximate surface area is 94.8 Å². The van der Waals surface area contributed by atoms with Crippen LogP contribution in [0.2, 0.25) is 0 Å². The normalized spacial score (nSPS) is 12.3. The summed E-state index contributed by atoms with van der Waals surface area (Å²) >= 11 is 1.53. The minimum absolute atomic E-state index is 0.345. The van der Waals surface area contributed by atoms with Crippen LogP contribution in [-0.4, -0.2) is 18.7 Å². The molecule has 4 nitrogen and oxygen atoms in total. The molecule has 0 spiro atoms. The summed E-state index contributed by atoms with van der Waals surface area (Å²) in [5, 5.41) is 0.568. The summed E-state index contributed by atoms with van der Waals surface area (Å²) in [6.07, 6.45) is 0. The third-order valence-corrected chi connectivity index (χ3v) is 4.91. The summed E-state index contributed by atoms with van der Waals surface area (Å²) in [5.41, 5.74) is 0.906. The highest BCUT2D eigenvalue weighted by Crippen LogP contribution is 2.17. The van der Waals surface area contributed by atoms with Crippen molar-refractivity contribution in [2.24, 2.45) is 0 Å². The van der Waals surface area contributed by atoms with Crippen molar-refractivity contribution in [3.8, 4) is 0 Å². The summed E-state index contributed by atoms with van der Waals surface area (Å²) in [5.74, 6) is 0. The molecule has 0 saturated carbocycles. The Morgan fingerprint density at radius 2 is 2.00 bits per heavy atom. The highest BCUT2D eigenvalue weighted by molar-refractivity contribution is 7.90. The van der Waals surface area contributed by atoms with Crippen molar-refractivity contribution >= 4 is 21.4 Å². The van der Waals surface area contributed by atoms with E-state index in [4.69, 9.17) is 0 Å². The second-order valence-corrected chi connectivity index (χ2v) is 7.27. The fourth-order valence-corrected chi connectivity index (χ4v) is 2.72. The molecule has 86 valence electrons. The quantitative estimate of drug-likeness (QED) is 0.880. The van der Waals surface area contributed by atoms with Gasteiger partial charge in [0.25, 0.3) is 0 Å². The summed E-state index contributed by atoms with van der Waals surface area (Å²) in [7, 11) is -3.18. The number of hydrogen-bond acceptors (Lipinski definition) is 4. The molecule has 1 rings (SSSR count). The van der Waals surface area contributed by atoms with Gasteiger partial charge in [0.15, 0.2) is 0 Å². The van der Waals surface area contributed by atoms with Crippen LogP contribution in [0.15, 0.2) is 0 Å². The molecule has 0 amide bonds. The fourth-order valence-electron chi connectivity index (χ4n) is 1.07. The number of sulfonamides is 1. The van der Waals surface area contributed by atoms with E-state index in [1.165, 1.54) is 11.3 Å². The molecule has 1 N–H and O–H groups in total. The van der Waals surface area contributed by atoms with E-state index in [1.54, 1.807) is 13.8 Å². The van der Waals surface area contributed by atoms with Gasteiger partial charge in [0.2, 0.25) is 10.0 Å². The Morgan fingerprint density at radius 1 is 1.40 bits per heavy atom. The highest BCUT2D eigenvalue weighted by Gasteiger charge is 2.16. The fraction of sp³-hybridized carbons (Fsp3) is 0.667. The molecular weight excluding hydrogens is 232 g/mol. The first-order chi connectivity index (χ1) is 6.83. The van der Waals surface area contributed by atoms with Gasteiger partial charge in [-0.25, -0.2) is 18.1 Å². The molecule has 1 aromatic rings. The molecule has 0 aliphatic heterocycles. The standard InChI is InChI=1S/C9H16N2O2S2/c1-6(2)15(12,13)10-5-9-7(3)11-8(4)14-9/h6,10H,5H2,1-4H3. The number of aryl methyl sites for hydroxylation is 2. The zero-order valence-electron chi connectivity index (χ0n) is 9.36. The van der Waals surface area contributed by atoms with E-state index in [-0.39, 0.29) is 0 Å². The summed E-state index contributed by atoms with van der Waals surface area (Å²) in [4.78, 5) is 5.22. The molecule has 0 radical (unpaired) electrons. The lowest BCUT2D eigenvalue weighted by Crippen LogP contribution is -2.30. The maximum absolute atomic E-state index is 11.5. The van der Waals surface area contributed by atoms with Crippen LogP contribution in [0.5, 0.6) is 0 Å². The van der Waals surface area contributed by atoms with Crippen molar-refractivity contribution in [1.29, 1.82) is 0 Å². The molecule has 1 aromatic heterocycles. The van der Waals surface area contributed by atoms with Crippen LogP contribution < -0.4 is 4.72 Å². The Morgan fingerprint density at radius 3 is 2.40 bits per heavy atom. The maximum atomic E-state index is 11.5. The van der Waals surface area contributed by atoms with Crippen molar-refractivity contribution in [2.45, 2.75) is 39.5 Å². The van der Waals surface area contributed by atoms with Crippen molar-refractivity contribution in [3.63, 3.8) is 0 Å². The van der Waals surface area contributed by atoms with Gasteiger partial charge in [-0.1, -0.05) is 0 Å². The van der Waals surface area contributed by atoms with E-state index in [2.05, 4.69) is 9.71 Å². The van der Waals surface area contributed by atoms with E-state index < -0.39 is 15.3 Å². The van der Waals surface area contributed by atoms with E-state index in [0.29, 0.717) is 6.54 Å². The Balaban J connectivity index is 2.70. The van der Waals surface area contributed by atoms with Gasteiger partial charge in [-0.05, 0) is 27.7 Å². The summed E-state index contributed by atoms with van der Waals surface area (Å²) in [6.45, 7) is 7.47. The van der Waals surface area contributed by atoms with Gasteiger partial charge in [-0.15, -0.1) is 11.3 Å². The number of rotatable bonds is 4. The van der Waals surface area contributed by atoms with Crippen LogP contribution >= 0.6 is 11.3 Å². The van der Waals surface area contributed by atoms with Gasteiger partial charge >= 0.3 is 0 Å². The first kappa shape index (κ1) is 12.6. The van der Waals surface area contributed by atoms with Crippen LogP contribution in [0.1, 0.15) is 29.4 Å². The Kier molecular flexibility index (Phi) is 3.86. The number of hydrogen-bond donors (Lipinski definition) is 1. The molecule has 0 unspecified atom stereocenters. The van der Waals surface area contributed by atoms with Crippen LogP contribution in [0.3, 0.4) is 0 Å². The van der Waals surface area contributed by atoms with E-state index in [0.717, 1.165) is 15.6 Å². The minimum atomic E-state index is -3.18. The van der Waals surface area contributed by atoms with Gasteiger partial charge in [0, 0.05) is 11.4 Å². The lowest BCUT2D eigenvalue weighted by atomic mass is 10.4. The molecule has 0 fully saturated rings. The predicted molar refractivity (Wildman–Crippen MR) is 62.5 cm³/mol. The minimum Gasteiger partial charge on any atom is -0.247 e. The largest absolute Gasteiger partial charge is 0.247 e. The molecule has 1 heterocycles. The smallest absolute Gasteiger partial charge is 0.214 e. The lowest BCUT2D eigenvalue weighted by Gasteiger charge is -2.08. The van der Waals surface area contributed by atoms with Crippen molar-refractivity contribution in [2.75, 3.05) is 0 Å². The van der Waals surface area contributed by atoms with Crippen LogP contribution in [0.25, 0.3) is 0 Å². The Hall–Kier alpha value is -0.460. The lowest BCUT2D eigenvalue weighted by molar-refractivity contribution is 0.572. The second-order valence-electron chi connectivity index (χ2n) is 3.66. The van der Waals surface area contributed by atoms with Crippen LogP contribution in [0.4, 0.5) is 0 Å². The van der Waals surface area contributed by atoms with Gasteiger partial charge in [0.1, 0.15) is 0 Å². The van der Waals surface area contributed by atoms with E-state index >= 15 is 0 Å². The third kappa shape index (κ3) is 3.25. The third-order valence-electron chi connectivity index (χ3n) is 2.05. The Bertz CT molecular complexity index is 435. The van der Waals surface area contributed by atoms with Crippen LogP contribution in [-0.2, 0) is 16.6 Å².